The van der Waals surface area contributed by atoms with Crippen molar-refractivity contribution in [2.75, 3.05) is 5.32 Å². The zero-order chi connectivity index (χ0) is 13.8. The van der Waals surface area contributed by atoms with E-state index in [1.54, 1.807) is 48.3 Å². The molecular formula is C13H16N4O2. The molecule has 1 aromatic carbocycles. The Morgan fingerprint density at radius 3 is 2.68 bits per heavy atom. The predicted octanol–water partition coefficient (Wildman–Crippen LogP) is 0.634. The maximum absolute atomic E-state index is 11.9. The molecule has 1 amide bonds. The molecule has 0 unspecified atom stereocenters. The summed E-state index contributed by atoms with van der Waals surface area (Å²) in [7, 11) is 1.74. The minimum absolute atomic E-state index is 0.191. The van der Waals surface area contributed by atoms with Crippen molar-refractivity contribution in [1.82, 2.24) is 9.78 Å². The number of hydrogen-bond acceptors (Lipinski definition) is 4. The normalized spacial score (nSPS) is 12.1. The molecule has 1 heterocycles. The number of rotatable bonds is 4. The summed E-state index contributed by atoms with van der Waals surface area (Å²) in [4.78, 5) is 11.9. The molecule has 2 rings (SSSR count). The first kappa shape index (κ1) is 13.1. The number of aromatic hydroxyl groups is 1. The van der Waals surface area contributed by atoms with E-state index in [9.17, 15) is 9.90 Å². The second-order valence-electron chi connectivity index (χ2n) is 4.31. The van der Waals surface area contributed by atoms with Crippen LogP contribution in [0, 0.1) is 0 Å². The van der Waals surface area contributed by atoms with E-state index in [1.165, 1.54) is 0 Å². The fourth-order valence-electron chi connectivity index (χ4n) is 1.69. The lowest BCUT2D eigenvalue weighted by Gasteiger charge is -2.12. The van der Waals surface area contributed by atoms with Gasteiger partial charge in [0, 0.05) is 13.1 Å². The SMILES string of the molecule is Cn1nccc1NC(=O)[C@@H](N)Cc1ccc(O)cc1. The maximum Gasteiger partial charge on any atom is 0.242 e. The third-order valence-corrected chi connectivity index (χ3v) is 2.80. The Bertz CT molecular complexity index is 562. The van der Waals surface area contributed by atoms with Crippen LogP contribution in [-0.2, 0) is 18.3 Å². The van der Waals surface area contributed by atoms with Gasteiger partial charge in [-0.25, -0.2) is 0 Å². The van der Waals surface area contributed by atoms with E-state index in [2.05, 4.69) is 10.4 Å². The third kappa shape index (κ3) is 3.32. The number of nitrogens with one attached hydrogen (secondary N) is 1. The second-order valence-corrected chi connectivity index (χ2v) is 4.31. The lowest BCUT2D eigenvalue weighted by Crippen LogP contribution is -2.37. The first-order valence-corrected chi connectivity index (χ1v) is 5.88. The zero-order valence-corrected chi connectivity index (χ0v) is 10.6. The van der Waals surface area contributed by atoms with Gasteiger partial charge in [-0.1, -0.05) is 12.1 Å². The minimum atomic E-state index is -0.653. The Labute approximate surface area is 110 Å². The Morgan fingerprint density at radius 2 is 2.11 bits per heavy atom. The summed E-state index contributed by atoms with van der Waals surface area (Å²) in [5.74, 6) is 0.527. The molecule has 0 bridgehead atoms. The molecule has 2 aromatic rings. The molecule has 6 nitrogen and oxygen atoms in total. The van der Waals surface area contributed by atoms with E-state index >= 15 is 0 Å². The van der Waals surface area contributed by atoms with Gasteiger partial charge in [0.2, 0.25) is 5.91 Å². The molecule has 1 aromatic heterocycles. The molecule has 100 valence electrons. The van der Waals surface area contributed by atoms with Crippen LogP contribution in [0.3, 0.4) is 0 Å². The summed E-state index contributed by atoms with van der Waals surface area (Å²) in [5.41, 5.74) is 6.74. The molecule has 0 aliphatic heterocycles. The van der Waals surface area contributed by atoms with Crippen LogP contribution < -0.4 is 11.1 Å². The van der Waals surface area contributed by atoms with Gasteiger partial charge in [-0.3, -0.25) is 9.48 Å². The Kier molecular flexibility index (Phi) is 3.82. The van der Waals surface area contributed by atoms with Crippen molar-refractivity contribution >= 4 is 11.7 Å². The minimum Gasteiger partial charge on any atom is -0.508 e. The number of anilines is 1. The highest BCUT2D eigenvalue weighted by molar-refractivity contribution is 5.94. The molecule has 0 fully saturated rings. The summed E-state index contributed by atoms with van der Waals surface area (Å²) < 4.78 is 1.56. The number of hydrogen-bond donors (Lipinski definition) is 3. The second kappa shape index (κ2) is 5.53. The molecule has 0 aliphatic carbocycles. The zero-order valence-electron chi connectivity index (χ0n) is 10.6. The number of nitrogens with zero attached hydrogens (tertiary/aromatic N) is 2. The first-order valence-electron chi connectivity index (χ1n) is 5.88. The van der Waals surface area contributed by atoms with Crippen molar-refractivity contribution in [2.24, 2.45) is 12.8 Å². The van der Waals surface area contributed by atoms with E-state index in [4.69, 9.17) is 5.73 Å². The highest BCUT2D eigenvalue weighted by Gasteiger charge is 2.15. The van der Waals surface area contributed by atoms with E-state index in [-0.39, 0.29) is 11.7 Å². The summed E-state index contributed by atoms with van der Waals surface area (Å²) in [6.45, 7) is 0. The quantitative estimate of drug-likeness (QED) is 0.751. The number of aromatic nitrogens is 2. The van der Waals surface area contributed by atoms with E-state index in [0.29, 0.717) is 12.2 Å². The smallest absolute Gasteiger partial charge is 0.242 e. The summed E-state index contributed by atoms with van der Waals surface area (Å²) >= 11 is 0. The summed E-state index contributed by atoms with van der Waals surface area (Å²) in [5, 5.41) is 15.8. The molecule has 0 radical (unpaired) electrons. The van der Waals surface area contributed by atoms with E-state index < -0.39 is 6.04 Å². The van der Waals surface area contributed by atoms with Crippen LogP contribution in [0.1, 0.15) is 5.56 Å². The van der Waals surface area contributed by atoms with Gasteiger partial charge >= 0.3 is 0 Å². The molecule has 0 saturated carbocycles. The molecule has 0 saturated heterocycles. The summed E-state index contributed by atoms with van der Waals surface area (Å²) in [6.07, 6.45) is 2.01. The van der Waals surface area contributed by atoms with Crippen LogP contribution in [0.15, 0.2) is 36.5 Å². The first-order chi connectivity index (χ1) is 9.06. The average molecular weight is 260 g/mol. The Hall–Kier alpha value is -2.34. The monoisotopic (exact) mass is 260 g/mol. The van der Waals surface area contributed by atoms with Crippen molar-refractivity contribution in [3.63, 3.8) is 0 Å². The number of phenolic OH excluding ortho intramolecular Hbond substituents is 1. The van der Waals surface area contributed by atoms with Crippen molar-refractivity contribution in [1.29, 1.82) is 0 Å². The third-order valence-electron chi connectivity index (χ3n) is 2.80. The molecule has 4 N–H and O–H groups in total. The van der Waals surface area contributed by atoms with Gasteiger partial charge in [-0.15, -0.1) is 0 Å². The number of aryl methyl sites for hydroxylation is 1. The molecule has 6 heteroatoms. The van der Waals surface area contributed by atoms with E-state index in [0.717, 1.165) is 5.56 Å². The van der Waals surface area contributed by atoms with Gasteiger partial charge in [-0.05, 0) is 24.1 Å². The number of carbonyl (C=O) groups is 1. The van der Waals surface area contributed by atoms with Crippen molar-refractivity contribution < 1.29 is 9.90 Å². The highest BCUT2D eigenvalue weighted by Crippen LogP contribution is 2.11. The fourth-order valence-corrected chi connectivity index (χ4v) is 1.69. The average Bonchev–Trinajstić information content (AvgIpc) is 2.78. The van der Waals surface area contributed by atoms with Gasteiger partial charge in [-0.2, -0.15) is 5.10 Å². The van der Waals surface area contributed by atoms with Gasteiger partial charge in [0.1, 0.15) is 11.6 Å². The molecule has 19 heavy (non-hydrogen) atoms. The lowest BCUT2D eigenvalue weighted by molar-refractivity contribution is -0.117. The van der Waals surface area contributed by atoms with Gasteiger partial charge < -0.3 is 16.2 Å². The standard InChI is InChI=1S/C13H16N4O2/c1-17-12(6-7-15-17)16-13(19)11(14)8-9-2-4-10(18)5-3-9/h2-7,11,18H,8,14H2,1H3,(H,16,19)/t11-/m0/s1. The van der Waals surface area contributed by atoms with Crippen LogP contribution in [0.25, 0.3) is 0 Å². The van der Waals surface area contributed by atoms with Crippen LogP contribution in [0.5, 0.6) is 5.75 Å². The highest BCUT2D eigenvalue weighted by atomic mass is 16.3. The van der Waals surface area contributed by atoms with Crippen LogP contribution in [0.2, 0.25) is 0 Å². The largest absolute Gasteiger partial charge is 0.508 e. The van der Waals surface area contributed by atoms with Gasteiger partial charge in [0.25, 0.3) is 0 Å². The summed E-state index contributed by atoms with van der Waals surface area (Å²) in [6, 6.07) is 7.67. The Balaban J connectivity index is 1.96. The number of nitrogens with two attached hydrogens (primary N) is 1. The molecule has 1 atom stereocenters. The number of benzene rings is 1. The van der Waals surface area contributed by atoms with Gasteiger partial charge in [0.15, 0.2) is 0 Å². The van der Waals surface area contributed by atoms with Crippen LogP contribution in [0.4, 0.5) is 5.82 Å². The molecule has 0 aliphatic rings. The van der Waals surface area contributed by atoms with E-state index in [1.807, 2.05) is 0 Å². The van der Waals surface area contributed by atoms with Gasteiger partial charge in [0.05, 0.1) is 12.2 Å². The van der Waals surface area contributed by atoms with Crippen LogP contribution >= 0.6 is 0 Å². The number of phenols is 1. The predicted molar refractivity (Wildman–Crippen MR) is 71.6 cm³/mol. The fraction of sp³-hybridized carbons (Fsp3) is 0.231. The van der Waals surface area contributed by atoms with Crippen molar-refractivity contribution in [2.45, 2.75) is 12.5 Å². The number of carbonyl (C=O) groups excluding carboxylic acids is 1. The maximum atomic E-state index is 11.9. The lowest BCUT2D eigenvalue weighted by atomic mass is 10.1. The van der Waals surface area contributed by atoms with Crippen molar-refractivity contribution in [3.05, 3.63) is 42.1 Å². The van der Waals surface area contributed by atoms with Crippen molar-refractivity contribution in [3.8, 4) is 5.75 Å². The topological polar surface area (TPSA) is 93.2 Å². The molecular weight excluding hydrogens is 244 g/mol. The van der Waals surface area contributed by atoms with Crippen LogP contribution in [-0.4, -0.2) is 26.8 Å². The number of amides is 1. The Morgan fingerprint density at radius 1 is 1.42 bits per heavy atom. The molecule has 0 spiro atoms.